The average molecular weight is 503 g/mol. The highest BCUT2D eigenvalue weighted by Crippen LogP contribution is 2.30. The molecule has 4 aromatic carbocycles. The molecule has 0 bridgehead atoms. The number of hydrogen-bond donors (Lipinski definition) is 1. The standard InChI is InChI=1S/C31H26N4O3/c1-37-27-16-10-23(11-17-27)29-20-30(24-12-18-28(38-2)19-13-24)35(34-29)26-14-8-25(9-15-26)31(36)33-32-21-22-6-4-3-5-7-22/h3-21H,1-2H3,(H,33,36). The molecular formula is C31H26N4O3. The minimum Gasteiger partial charge on any atom is -0.497 e. The second-order valence-electron chi connectivity index (χ2n) is 8.44. The molecule has 5 aromatic rings. The van der Waals surface area contributed by atoms with E-state index in [9.17, 15) is 4.79 Å². The fourth-order valence-electron chi connectivity index (χ4n) is 3.97. The van der Waals surface area contributed by atoms with Crippen molar-refractivity contribution in [2.45, 2.75) is 0 Å². The summed E-state index contributed by atoms with van der Waals surface area (Å²) in [4.78, 5) is 12.6. The van der Waals surface area contributed by atoms with Crippen LogP contribution in [0.3, 0.4) is 0 Å². The summed E-state index contributed by atoms with van der Waals surface area (Å²) in [5, 5.41) is 8.96. The molecule has 188 valence electrons. The highest BCUT2D eigenvalue weighted by molar-refractivity contribution is 5.95. The van der Waals surface area contributed by atoms with Gasteiger partial charge in [0.05, 0.1) is 37.5 Å². The molecule has 1 aromatic heterocycles. The molecule has 0 fully saturated rings. The molecule has 0 saturated heterocycles. The normalized spacial score (nSPS) is 10.9. The van der Waals surface area contributed by atoms with Crippen LogP contribution in [0.1, 0.15) is 15.9 Å². The van der Waals surface area contributed by atoms with Crippen LogP contribution in [0.4, 0.5) is 0 Å². The highest BCUT2D eigenvalue weighted by Gasteiger charge is 2.14. The summed E-state index contributed by atoms with van der Waals surface area (Å²) in [6, 6.07) is 34.5. The zero-order chi connectivity index (χ0) is 26.3. The van der Waals surface area contributed by atoms with Gasteiger partial charge >= 0.3 is 0 Å². The lowest BCUT2D eigenvalue weighted by atomic mass is 10.1. The number of hydrazone groups is 1. The van der Waals surface area contributed by atoms with E-state index >= 15 is 0 Å². The summed E-state index contributed by atoms with van der Waals surface area (Å²) in [6.07, 6.45) is 1.61. The number of amides is 1. The van der Waals surface area contributed by atoms with E-state index in [1.54, 1.807) is 32.6 Å². The van der Waals surface area contributed by atoms with Crippen LogP contribution in [0.5, 0.6) is 11.5 Å². The van der Waals surface area contributed by atoms with E-state index in [2.05, 4.69) is 10.5 Å². The molecule has 7 nitrogen and oxygen atoms in total. The first-order valence-electron chi connectivity index (χ1n) is 12.0. The van der Waals surface area contributed by atoms with E-state index < -0.39 is 0 Å². The average Bonchev–Trinajstić information content (AvgIpc) is 3.43. The molecule has 0 spiro atoms. The maximum Gasteiger partial charge on any atom is 0.271 e. The third kappa shape index (κ3) is 5.47. The van der Waals surface area contributed by atoms with Crippen molar-refractivity contribution < 1.29 is 14.3 Å². The van der Waals surface area contributed by atoms with Crippen LogP contribution >= 0.6 is 0 Å². The maximum absolute atomic E-state index is 12.6. The molecule has 0 atom stereocenters. The molecule has 1 heterocycles. The molecule has 0 saturated carbocycles. The molecular weight excluding hydrogens is 476 g/mol. The molecule has 0 radical (unpaired) electrons. The van der Waals surface area contributed by atoms with Gasteiger partial charge in [-0.1, -0.05) is 30.3 Å². The summed E-state index contributed by atoms with van der Waals surface area (Å²) in [7, 11) is 3.29. The van der Waals surface area contributed by atoms with Gasteiger partial charge in [-0.25, -0.2) is 10.1 Å². The number of rotatable bonds is 8. The van der Waals surface area contributed by atoms with Crippen molar-refractivity contribution in [2.24, 2.45) is 5.10 Å². The SMILES string of the molecule is COc1ccc(-c2cc(-c3ccc(OC)cc3)n(-c3ccc(C(=O)NN=Cc4ccccc4)cc3)n2)cc1. The zero-order valence-corrected chi connectivity index (χ0v) is 21.0. The summed E-state index contributed by atoms with van der Waals surface area (Å²) in [5.74, 6) is 1.27. The van der Waals surface area contributed by atoms with Crippen molar-refractivity contribution in [3.8, 4) is 39.7 Å². The van der Waals surface area contributed by atoms with E-state index in [0.717, 1.165) is 45.3 Å². The number of aromatic nitrogens is 2. The molecule has 1 amide bonds. The Morgan fingerprint density at radius 1 is 0.789 bits per heavy atom. The Balaban J connectivity index is 1.43. The summed E-state index contributed by atoms with van der Waals surface area (Å²) in [5.41, 5.74) is 8.46. The minimum absolute atomic E-state index is 0.293. The fraction of sp³-hybridized carbons (Fsp3) is 0.0645. The molecule has 1 N–H and O–H groups in total. The van der Waals surface area contributed by atoms with E-state index in [4.69, 9.17) is 14.6 Å². The van der Waals surface area contributed by atoms with Gasteiger partial charge in [-0.3, -0.25) is 4.79 Å². The second-order valence-corrected chi connectivity index (χ2v) is 8.44. The van der Waals surface area contributed by atoms with E-state index in [1.807, 2.05) is 102 Å². The van der Waals surface area contributed by atoms with Crippen molar-refractivity contribution in [2.75, 3.05) is 14.2 Å². The van der Waals surface area contributed by atoms with Gasteiger partial charge in [-0.2, -0.15) is 10.2 Å². The lowest BCUT2D eigenvalue weighted by Crippen LogP contribution is -2.17. The number of nitrogens with zero attached hydrogens (tertiary/aromatic N) is 3. The third-order valence-corrected chi connectivity index (χ3v) is 6.03. The zero-order valence-electron chi connectivity index (χ0n) is 21.0. The Labute approximate surface area is 221 Å². The predicted molar refractivity (Wildman–Crippen MR) is 149 cm³/mol. The molecule has 7 heteroatoms. The molecule has 0 aliphatic carbocycles. The van der Waals surface area contributed by atoms with Crippen LogP contribution in [0.2, 0.25) is 0 Å². The van der Waals surface area contributed by atoms with Crippen LogP contribution in [0.25, 0.3) is 28.2 Å². The number of methoxy groups -OCH3 is 2. The van der Waals surface area contributed by atoms with Gasteiger partial charge in [0.2, 0.25) is 0 Å². The Morgan fingerprint density at radius 2 is 1.39 bits per heavy atom. The molecule has 38 heavy (non-hydrogen) atoms. The fourth-order valence-corrected chi connectivity index (χ4v) is 3.97. The minimum atomic E-state index is -0.293. The van der Waals surface area contributed by atoms with Crippen molar-refractivity contribution in [1.82, 2.24) is 15.2 Å². The molecule has 0 aliphatic heterocycles. The van der Waals surface area contributed by atoms with Gasteiger partial charge in [0, 0.05) is 16.7 Å². The van der Waals surface area contributed by atoms with Crippen molar-refractivity contribution in [3.05, 3.63) is 120 Å². The van der Waals surface area contributed by atoms with E-state index in [1.165, 1.54) is 0 Å². The predicted octanol–water partition coefficient (Wildman–Crippen LogP) is 5.99. The molecule has 0 aliphatic rings. The Kier molecular flexibility index (Phi) is 7.27. The first-order chi connectivity index (χ1) is 18.6. The Bertz CT molecular complexity index is 1540. The Hall–Kier alpha value is -5.17. The highest BCUT2D eigenvalue weighted by atomic mass is 16.5. The largest absolute Gasteiger partial charge is 0.497 e. The number of nitrogens with one attached hydrogen (secondary N) is 1. The first kappa shape index (κ1) is 24.5. The maximum atomic E-state index is 12.6. The van der Waals surface area contributed by atoms with E-state index in [0.29, 0.717) is 5.56 Å². The second kappa shape index (κ2) is 11.3. The number of carbonyl (C=O) groups excluding carboxylic acids is 1. The summed E-state index contributed by atoms with van der Waals surface area (Å²) < 4.78 is 12.5. The third-order valence-electron chi connectivity index (χ3n) is 6.03. The number of hydrogen-bond acceptors (Lipinski definition) is 5. The number of benzene rings is 4. The summed E-state index contributed by atoms with van der Waals surface area (Å²) in [6.45, 7) is 0. The van der Waals surface area contributed by atoms with Gasteiger partial charge in [-0.05, 0) is 84.4 Å². The monoisotopic (exact) mass is 502 g/mol. The van der Waals surface area contributed by atoms with Crippen LogP contribution in [0.15, 0.2) is 114 Å². The number of carbonyl (C=O) groups is 1. The first-order valence-corrected chi connectivity index (χ1v) is 12.0. The van der Waals surface area contributed by atoms with Gasteiger partial charge in [0.15, 0.2) is 0 Å². The van der Waals surface area contributed by atoms with Crippen molar-refractivity contribution in [3.63, 3.8) is 0 Å². The van der Waals surface area contributed by atoms with Crippen LogP contribution in [0, 0.1) is 0 Å². The topological polar surface area (TPSA) is 77.7 Å². The van der Waals surface area contributed by atoms with Gasteiger partial charge in [-0.15, -0.1) is 0 Å². The summed E-state index contributed by atoms with van der Waals surface area (Å²) >= 11 is 0. The van der Waals surface area contributed by atoms with Gasteiger partial charge < -0.3 is 9.47 Å². The molecule has 5 rings (SSSR count). The van der Waals surface area contributed by atoms with Crippen LogP contribution in [-0.2, 0) is 0 Å². The van der Waals surface area contributed by atoms with Crippen molar-refractivity contribution >= 4 is 12.1 Å². The van der Waals surface area contributed by atoms with Gasteiger partial charge in [0.25, 0.3) is 5.91 Å². The lowest BCUT2D eigenvalue weighted by Gasteiger charge is -2.09. The number of ether oxygens (including phenoxy) is 2. The quantitative estimate of drug-likeness (QED) is 0.209. The Morgan fingerprint density at radius 3 is 2.00 bits per heavy atom. The van der Waals surface area contributed by atoms with Crippen LogP contribution < -0.4 is 14.9 Å². The lowest BCUT2D eigenvalue weighted by molar-refractivity contribution is 0.0955. The molecule has 0 unspecified atom stereocenters. The van der Waals surface area contributed by atoms with Crippen molar-refractivity contribution in [1.29, 1.82) is 0 Å². The van der Waals surface area contributed by atoms with Gasteiger partial charge in [0.1, 0.15) is 11.5 Å². The smallest absolute Gasteiger partial charge is 0.271 e. The van der Waals surface area contributed by atoms with E-state index in [-0.39, 0.29) is 5.91 Å². The van der Waals surface area contributed by atoms with Crippen LogP contribution in [-0.4, -0.2) is 36.1 Å².